The molecule has 1 heterocycles. The summed E-state index contributed by atoms with van der Waals surface area (Å²) in [6.07, 6.45) is -3.62. The maximum atomic E-state index is 13.1. The minimum Gasteiger partial charge on any atom is -0.493 e. The van der Waals surface area contributed by atoms with Crippen LogP contribution in [0, 0.1) is 0 Å². The van der Waals surface area contributed by atoms with Gasteiger partial charge in [-0.2, -0.15) is 13.2 Å². The Balaban J connectivity index is 1.64. The minimum absolute atomic E-state index is 0.0177. The Hall–Kier alpha value is -4.35. The number of esters is 1. The molecule has 39 heavy (non-hydrogen) atoms. The van der Waals surface area contributed by atoms with Gasteiger partial charge in [-0.3, -0.25) is 14.9 Å². The second-order valence-electron chi connectivity index (χ2n) is 7.93. The molecule has 0 aliphatic carbocycles. The predicted octanol–water partition coefficient (Wildman–Crippen LogP) is 5.91. The van der Waals surface area contributed by atoms with Crippen molar-refractivity contribution < 1.29 is 41.8 Å². The van der Waals surface area contributed by atoms with Crippen LogP contribution in [0.3, 0.4) is 0 Å². The molecule has 8 nitrogen and oxygen atoms in total. The minimum atomic E-state index is -4.72. The lowest BCUT2D eigenvalue weighted by molar-refractivity contribution is -0.137. The molecule has 200 valence electrons. The Bertz CT molecular complexity index is 1550. The highest BCUT2D eigenvalue weighted by Crippen LogP contribution is 2.34. The number of barbiturate groups is 1. The molecule has 1 aliphatic rings. The largest absolute Gasteiger partial charge is 0.493 e. The number of imide groups is 2. The first-order valence-electron chi connectivity index (χ1n) is 10.8. The van der Waals surface area contributed by atoms with Crippen molar-refractivity contribution in [1.82, 2.24) is 5.32 Å². The highest BCUT2D eigenvalue weighted by molar-refractivity contribution is 6.39. The van der Waals surface area contributed by atoms with Gasteiger partial charge in [0.1, 0.15) is 5.57 Å². The predicted molar refractivity (Wildman–Crippen MR) is 135 cm³/mol. The average molecular weight is 579 g/mol. The summed E-state index contributed by atoms with van der Waals surface area (Å²) in [6.45, 7) is 0. The number of rotatable bonds is 5. The first-order valence-corrected chi connectivity index (χ1v) is 11.6. The summed E-state index contributed by atoms with van der Waals surface area (Å²) < 4.78 is 50.0. The molecule has 1 fully saturated rings. The van der Waals surface area contributed by atoms with Gasteiger partial charge in [-0.05, 0) is 60.2 Å². The topological polar surface area (TPSA) is 102 Å². The maximum absolute atomic E-state index is 13.1. The number of alkyl halides is 3. The summed E-state index contributed by atoms with van der Waals surface area (Å²) in [5, 5.41) is 2.32. The molecule has 1 N–H and O–H groups in total. The van der Waals surface area contributed by atoms with E-state index in [9.17, 15) is 32.3 Å². The Morgan fingerprint density at radius 3 is 2.38 bits per heavy atom. The van der Waals surface area contributed by atoms with Crippen LogP contribution in [0.15, 0.2) is 66.2 Å². The van der Waals surface area contributed by atoms with Crippen LogP contribution >= 0.6 is 23.2 Å². The summed E-state index contributed by atoms with van der Waals surface area (Å²) in [6, 6.07) is 10.6. The lowest BCUT2D eigenvalue weighted by Crippen LogP contribution is -2.54. The smallest absolute Gasteiger partial charge is 0.416 e. The summed E-state index contributed by atoms with van der Waals surface area (Å²) in [7, 11) is 1.28. The molecule has 3 aromatic carbocycles. The van der Waals surface area contributed by atoms with Crippen LogP contribution in [0.5, 0.6) is 11.5 Å². The van der Waals surface area contributed by atoms with Crippen molar-refractivity contribution in [2.24, 2.45) is 0 Å². The van der Waals surface area contributed by atoms with Gasteiger partial charge in [0.2, 0.25) is 0 Å². The van der Waals surface area contributed by atoms with Crippen LogP contribution in [0.2, 0.25) is 10.0 Å². The maximum Gasteiger partial charge on any atom is 0.416 e. The highest BCUT2D eigenvalue weighted by atomic mass is 35.5. The van der Waals surface area contributed by atoms with E-state index in [0.717, 1.165) is 24.3 Å². The molecule has 4 rings (SSSR count). The van der Waals surface area contributed by atoms with Gasteiger partial charge < -0.3 is 9.47 Å². The Kier molecular flexibility index (Phi) is 7.66. The summed E-state index contributed by atoms with van der Waals surface area (Å²) in [5.74, 6) is -2.98. The van der Waals surface area contributed by atoms with Crippen molar-refractivity contribution in [1.29, 1.82) is 0 Å². The standard InChI is InChI=1S/C26H15Cl2F3N2O6/c1-38-21-10-13(5-8-20(21)39-24(36)17-7-6-15(27)12-19(17)28)9-18-22(34)32-25(37)33(23(18)35)16-4-2-3-14(11-16)26(29,30)31/h2-12H,1H3,(H,32,34,37)/b18-9+. The van der Waals surface area contributed by atoms with Gasteiger partial charge in [-0.1, -0.05) is 35.3 Å². The molecule has 4 amide bonds. The van der Waals surface area contributed by atoms with Crippen LogP contribution < -0.4 is 19.7 Å². The van der Waals surface area contributed by atoms with Crippen molar-refractivity contribution in [3.63, 3.8) is 0 Å². The molecule has 0 aromatic heterocycles. The van der Waals surface area contributed by atoms with Gasteiger partial charge in [-0.15, -0.1) is 0 Å². The van der Waals surface area contributed by atoms with Gasteiger partial charge >= 0.3 is 18.2 Å². The molecule has 1 aliphatic heterocycles. The fourth-order valence-electron chi connectivity index (χ4n) is 3.55. The molecule has 0 bridgehead atoms. The van der Waals surface area contributed by atoms with E-state index in [0.29, 0.717) is 16.0 Å². The number of carbonyl (C=O) groups is 4. The summed E-state index contributed by atoms with van der Waals surface area (Å²) in [4.78, 5) is 50.9. The monoisotopic (exact) mass is 578 g/mol. The van der Waals surface area contributed by atoms with Crippen LogP contribution in [0.25, 0.3) is 6.08 Å². The molecular formula is C26H15Cl2F3N2O6. The number of amides is 4. The summed E-state index contributed by atoms with van der Waals surface area (Å²) >= 11 is 11.9. The Morgan fingerprint density at radius 1 is 0.974 bits per heavy atom. The number of ether oxygens (including phenoxy) is 2. The first-order chi connectivity index (χ1) is 18.4. The Labute approximate surface area is 228 Å². The number of nitrogens with one attached hydrogen (secondary N) is 1. The van der Waals surface area contributed by atoms with Crippen molar-refractivity contribution in [2.45, 2.75) is 6.18 Å². The van der Waals surface area contributed by atoms with E-state index >= 15 is 0 Å². The molecule has 0 saturated carbocycles. The van der Waals surface area contributed by atoms with Crippen molar-refractivity contribution in [2.75, 3.05) is 12.0 Å². The number of methoxy groups -OCH3 is 1. The van der Waals surface area contributed by atoms with Crippen LogP contribution in [0.1, 0.15) is 21.5 Å². The third-order valence-corrected chi connectivity index (χ3v) is 5.93. The van der Waals surface area contributed by atoms with Crippen LogP contribution in [-0.4, -0.2) is 30.9 Å². The quantitative estimate of drug-likeness (QED) is 0.175. The van der Waals surface area contributed by atoms with E-state index in [1.54, 1.807) is 0 Å². The number of carbonyl (C=O) groups excluding carboxylic acids is 4. The fraction of sp³-hybridized carbons (Fsp3) is 0.0769. The highest BCUT2D eigenvalue weighted by Gasteiger charge is 2.38. The van der Waals surface area contributed by atoms with Gasteiger partial charge in [0, 0.05) is 5.02 Å². The number of hydrogen-bond donors (Lipinski definition) is 1. The Morgan fingerprint density at radius 2 is 1.72 bits per heavy atom. The average Bonchev–Trinajstić information content (AvgIpc) is 2.86. The number of nitrogens with zero attached hydrogens (tertiary/aromatic N) is 1. The third-order valence-electron chi connectivity index (χ3n) is 5.39. The molecule has 0 atom stereocenters. The lowest BCUT2D eigenvalue weighted by atomic mass is 10.1. The number of hydrogen-bond acceptors (Lipinski definition) is 6. The van der Waals surface area contributed by atoms with Crippen molar-refractivity contribution in [3.8, 4) is 11.5 Å². The van der Waals surface area contributed by atoms with E-state index < -0.39 is 41.1 Å². The van der Waals surface area contributed by atoms with E-state index in [1.165, 1.54) is 43.5 Å². The number of urea groups is 1. The molecule has 0 spiro atoms. The normalized spacial score (nSPS) is 14.9. The van der Waals surface area contributed by atoms with Crippen molar-refractivity contribution >= 4 is 58.8 Å². The van der Waals surface area contributed by atoms with Crippen LogP contribution in [0.4, 0.5) is 23.7 Å². The number of anilines is 1. The molecule has 1 saturated heterocycles. The molecule has 0 unspecified atom stereocenters. The fourth-order valence-corrected chi connectivity index (χ4v) is 4.03. The summed E-state index contributed by atoms with van der Waals surface area (Å²) in [5.41, 5.74) is -1.75. The van der Waals surface area contributed by atoms with E-state index in [-0.39, 0.29) is 33.3 Å². The first kappa shape index (κ1) is 27.7. The third kappa shape index (κ3) is 5.89. The van der Waals surface area contributed by atoms with Gasteiger partial charge in [0.15, 0.2) is 11.5 Å². The van der Waals surface area contributed by atoms with Crippen LogP contribution in [-0.2, 0) is 15.8 Å². The zero-order valence-electron chi connectivity index (χ0n) is 19.6. The lowest BCUT2D eigenvalue weighted by Gasteiger charge is -2.27. The molecule has 13 heteroatoms. The zero-order chi connectivity index (χ0) is 28.5. The van der Waals surface area contributed by atoms with E-state index in [4.69, 9.17) is 32.7 Å². The van der Waals surface area contributed by atoms with Gasteiger partial charge in [-0.25, -0.2) is 14.5 Å². The van der Waals surface area contributed by atoms with Gasteiger partial charge in [0.05, 0.1) is 28.9 Å². The van der Waals surface area contributed by atoms with Gasteiger partial charge in [0.25, 0.3) is 11.8 Å². The van der Waals surface area contributed by atoms with E-state index in [1.807, 2.05) is 5.32 Å². The SMILES string of the molecule is COc1cc(/C=C2\C(=O)NC(=O)N(c3cccc(C(F)(F)F)c3)C2=O)ccc1OC(=O)c1ccc(Cl)cc1Cl. The second-order valence-corrected chi connectivity index (χ2v) is 8.77. The molecular weight excluding hydrogens is 564 g/mol. The second kappa shape index (κ2) is 10.8. The number of benzene rings is 3. The van der Waals surface area contributed by atoms with E-state index in [2.05, 4.69) is 0 Å². The molecule has 0 radical (unpaired) electrons. The molecule has 3 aromatic rings. The number of halogens is 5. The van der Waals surface area contributed by atoms with Crippen molar-refractivity contribution in [3.05, 3.63) is 93.0 Å². The zero-order valence-corrected chi connectivity index (χ0v) is 21.1.